The molecule has 3 aromatic rings. The fraction of sp³-hybridized carbons (Fsp3) is 0.308. The normalized spacial score (nSPS) is 14.7. The summed E-state index contributed by atoms with van der Waals surface area (Å²) in [6, 6.07) is 14.3. The summed E-state index contributed by atoms with van der Waals surface area (Å²) in [4.78, 5) is 30.3. The first-order valence-corrected chi connectivity index (χ1v) is 12.6. The molecule has 5 rings (SSSR count). The van der Waals surface area contributed by atoms with Crippen molar-refractivity contribution in [1.29, 1.82) is 0 Å². The number of anilines is 5. The van der Waals surface area contributed by atoms with Gasteiger partial charge in [-0.3, -0.25) is 0 Å². The molecule has 6 bridgehead atoms. The van der Waals surface area contributed by atoms with Gasteiger partial charge in [0.15, 0.2) is 5.82 Å². The summed E-state index contributed by atoms with van der Waals surface area (Å²) in [6.07, 6.45) is 2.61. The number of carbonyl (C=O) groups is 2. The minimum Gasteiger partial charge on any atom is -0.475 e. The number of fused-ring (bicyclic) bond motifs is 6. The number of halogens is 4. The number of carboxylic acids is 1. The summed E-state index contributed by atoms with van der Waals surface area (Å²) in [7, 11) is 0. The van der Waals surface area contributed by atoms with Crippen LogP contribution < -0.4 is 21.3 Å². The molecular formula is C26H26ClF3N6O3. The number of alkyl halides is 3. The second kappa shape index (κ2) is 12.2. The van der Waals surface area contributed by atoms with Crippen LogP contribution in [-0.2, 0) is 17.6 Å². The van der Waals surface area contributed by atoms with E-state index in [1.54, 1.807) is 6.20 Å². The average molecular weight is 563 g/mol. The number of nitrogens with zero attached hydrogens (tertiary/aromatic N) is 2. The van der Waals surface area contributed by atoms with Crippen LogP contribution in [0, 0.1) is 0 Å². The summed E-state index contributed by atoms with van der Waals surface area (Å²) in [5, 5.41) is 20.2. The van der Waals surface area contributed by atoms with Crippen molar-refractivity contribution < 1.29 is 27.9 Å². The standard InChI is InChI=1S/C24H25ClN6O.C2HF3O2/c25-21-14-26-23-28-18-7-3-4-15(10-18)8-9-16-11-19(27-22(21)31-23)13-20(12-16)30-24(32)29-17-5-1-2-6-17;3-2(4,5)1(6)7/h3-4,7,10-14,17H,1-2,5-6,8-9H2,(H2,29,30,32)(H2,26,27,28,31);(H,6,7). The van der Waals surface area contributed by atoms with Gasteiger partial charge in [0.2, 0.25) is 5.95 Å². The van der Waals surface area contributed by atoms with Gasteiger partial charge in [0, 0.05) is 23.1 Å². The van der Waals surface area contributed by atoms with Crippen LogP contribution in [0.5, 0.6) is 0 Å². The fourth-order valence-electron chi connectivity index (χ4n) is 4.28. The van der Waals surface area contributed by atoms with Crippen molar-refractivity contribution in [2.75, 3.05) is 16.0 Å². The summed E-state index contributed by atoms with van der Waals surface area (Å²) in [5.74, 6) is -1.80. The molecule has 9 nitrogen and oxygen atoms in total. The lowest BCUT2D eigenvalue weighted by atomic mass is 10.0. The SMILES string of the molecule is O=C(Nc1cc2cc(c1)Nc1nc(ncc1Cl)Nc1cccc(c1)CC2)NC1CCCC1.O=C(O)C(F)(F)F. The molecule has 0 unspecified atom stereocenters. The molecule has 2 heterocycles. The highest BCUT2D eigenvalue weighted by Gasteiger charge is 2.38. The Morgan fingerprint density at radius 3 is 2.41 bits per heavy atom. The zero-order valence-corrected chi connectivity index (χ0v) is 21.4. The smallest absolute Gasteiger partial charge is 0.475 e. The van der Waals surface area contributed by atoms with Crippen molar-refractivity contribution in [1.82, 2.24) is 15.3 Å². The Morgan fingerprint density at radius 2 is 1.69 bits per heavy atom. The van der Waals surface area contributed by atoms with Gasteiger partial charge in [0.05, 0.1) is 6.20 Å². The largest absolute Gasteiger partial charge is 0.490 e. The van der Waals surface area contributed by atoms with E-state index in [0.29, 0.717) is 16.8 Å². The maximum Gasteiger partial charge on any atom is 0.490 e. The van der Waals surface area contributed by atoms with Crippen LogP contribution in [-0.4, -0.2) is 39.3 Å². The molecule has 2 amide bonds. The topological polar surface area (TPSA) is 128 Å². The molecule has 2 aliphatic rings. The Morgan fingerprint density at radius 1 is 1.00 bits per heavy atom. The molecule has 1 fully saturated rings. The van der Waals surface area contributed by atoms with Crippen LogP contribution in [0.1, 0.15) is 36.8 Å². The van der Waals surface area contributed by atoms with Crippen LogP contribution in [0.15, 0.2) is 48.7 Å². The molecule has 206 valence electrons. The van der Waals surface area contributed by atoms with Crippen LogP contribution in [0.2, 0.25) is 5.02 Å². The van der Waals surface area contributed by atoms with E-state index in [-0.39, 0.29) is 12.1 Å². The van der Waals surface area contributed by atoms with Gasteiger partial charge >= 0.3 is 18.2 Å². The van der Waals surface area contributed by atoms with Crippen LogP contribution >= 0.6 is 11.6 Å². The molecule has 13 heteroatoms. The predicted octanol–water partition coefficient (Wildman–Crippen LogP) is 6.41. The van der Waals surface area contributed by atoms with Gasteiger partial charge in [-0.1, -0.05) is 36.6 Å². The number of aryl methyl sites for hydroxylation is 2. The molecule has 1 saturated carbocycles. The predicted molar refractivity (Wildman–Crippen MR) is 142 cm³/mol. The number of carboxylic acid groups (broad SMARTS) is 1. The van der Waals surface area contributed by atoms with Crippen LogP contribution in [0.3, 0.4) is 0 Å². The minimum absolute atomic E-state index is 0.169. The van der Waals surface area contributed by atoms with Gasteiger partial charge in [-0.15, -0.1) is 0 Å². The average Bonchev–Trinajstić information content (AvgIpc) is 3.37. The summed E-state index contributed by atoms with van der Waals surface area (Å²) >= 11 is 6.36. The van der Waals surface area contributed by atoms with Gasteiger partial charge in [-0.05, 0) is 67.1 Å². The third-order valence-electron chi connectivity index (χ3n) is 6.08. The highest BCUT2D eigenvalue weighted by Crippen LogP contribution is 2.29. The second-order valence-electron chi connectivity index (χ2n) is 9.14. The molecule has 1 aliphatic heterocycles. The Bertz CT molecular complexity index is 1350. The first-order chi connectivity index (χ1) is 18.5. The molecule has 1 aliphatic carbocycles. The fourth-order valence-corrected chi connectivity index (χ4v) is 4.42. The van der Waals surface area contributed by atoms with E-state index < -0.39 is 12.1 Å². The maximum atomic E-state index is 12.5. The molecule has 1 aromatic heterocycles. The van der Waals surface area contributed by atoms with E-state index in [1.807, 2.05) is 24.3 Å². The number of hydrogen-bond acceptors (Lipinski definition) is 6. The Hall–Kier alpha value is -4.06. The van der Waals surface area contributed by atoms with Gasteiger partial charge in [-0.25, -0.2) is 14.6 Å². The van der Waals surface area contributed by atoms with Crippen molar-refractivity contribution in [3.05, 3.63) is 64.8 Å². The number of hydrogen-bond donors (Lipinski definition) is 5. The highest BCUT2D eigenvalue weighted by molar-refractivity contribution is 6.32. The lowest BCUT2D eigenvalue weighted by Crippen LogP contribution is -2.36. The molecule has 39 heavy (non-hydrogen) atoms. The molecule has 0 radical (unpaired) electrons. The first-order valence-electron chi connectivity index (χ1n) is 12.2. The van der Waals surface area contributed by atoms with E-state index in [4.69, 9.17) is 21.5 Å². The zero-order chi connectivity index (χ0) is 28.0. The lowest BCUT2D eigenvalue weighted by Gasteiger charge is -2.15. The van der Waals surface area contributed by atoms with Gasteiger partial charge in [0.1, 0.15) is 5.02 Å². The number of benzene rings is 2. The summed E-state index contributed by atoms with van der Waals surface area (Å²) in [6.45, 7) is 0. The Balaban J connectivity index is 0.000000448. The number of amides is 2. The first kappa shape index (κ1) is 28.0. The molecule has 2 aromatic carbocycles. The zero-order valence-electron chi connectivity index (χ0n) is 20.6. The van der Waals surface area contributed by atoms with E-state index in [0.717, 1.165) is 48.3 Å². The van der Waals surface area contributed by atoms with Crippen LogP contribution in [0.25, 0.3) is 0 Å². The maximum absolute atomic E-state index is 12.5. The number of urea groups is 1. The molecular weight excluding hydrogens is 537 g/mol. The van der Waals surface area contributed by atoms with Crippen molar-refractivity contribution in [3.63, 3.8) is 0 Å². The lowest BCUT2D eigenvalue weighted by molar-refractivity contribution is -0.192. The van der Waals surface area contributed by atoms with Crippen molar-refractivity contribution in [2.24, 2.45) is 0 Å². The van der Waals surface area contributed by atoms with E-state index in [2.05, 4.69) is 49.4 Å². The summed E-state index contributed by atoms with van der Waals surface area (Å²) < 4.78 is 31.7. The van der Waals surface area contributed by atoms with Crippen molar-refractivity contribution >= 4 is 52.4 Å². The van der Waals surface area contributed by atoms with Gasteiger partial charge in [-0.2, -0.15) is 18.2 Å². The quantitative estimate of drug-likeness (QED) is 0.244. The molecule has 0 atom stereocenters. The Labute approximate surface area is 227 Å². The molecule has 0 saturated heterocycles. The number of rotatable bonds is 2. The van der Waals surface area contributed by atoms with Crippen molar-refractivity contribution in [3.8, 4) is 0 Å². The number of nitrogens with one attached hydrogen (secondary N) is 4. The third-order valence-corrected chi connectivity index (χ3v) is 6.35. The number of aliphatic carboxylic acids is 1. The number of aromatic nitrogens is 2. The number of carbonyl (C=O) groups excluding carboxylic acids is 1. The van der Waals surface area contributed by atoms with Gasteiger partial charge in [0.25, 0.3) is 0 Å². The Kier molecular flexibility index (Phi) is 8.75. The van der Waals surface area contributed by atoms with E-state index in [9.17, 15) is 18.0 Å². The van der Waals surface area contributed by atoms with E-state index >= 15 is 0 Å². The highest BCUT2D eigenvalue weighted by atomic mass is 35.5. The minimum atomic E-state index is -5.08. The molecule has 5 N–H and O–H groups in total. The summed E-state index contributed by atoms with van der Waals surface area (Å²) in [5.41, 5.74) is 4.76. The third kappa shape index (κ3) is 8.21. The van der Waals surface area contributed by atoms with Crippen molar-refractivity contribution in [2.45, 2.75) is 50.7 Å². The van der Waals surface area contributed by atoms with Gasteiger partial charge < -0.3 is 26.4 Å². The van der Waals surface area contributed by atoms with E-state index in [1.165, 1.54) is 18.4 Å². The monoisotopic (exact) mass is 562 g/mol. The molecule has 0 spiro atoms. The second-order valence-corrected chi connectivity index (χ2v) is 9.55. The van der Waals surface area contributed by atoms with Crippen LogP contribution in [0.4, 0.5) is 46.8 Å².